The van der Waals surface area contributed by atoms with Crippen LogP contribution in [0.25, 0.3) is 0 Å². The monoisotopic (exact) mass is 332 g/mol. The third-order valence-corrected chi connectivity index (χ3v) is 4.27. The zero-order valence-corrected chi connectivity index (χ0v) is 15.1. The van der Waals surface area contributed by atoms with E-state index in [4.69, 9.17) is 0 Å². The van der Waals surface area contributed by atoms with Crippen LogP contribution in [0, 0.1) is 12.8 Å². The zero-order valence-electron chi connectivity index (χ0n) is 15.1. The van der Waals surface area contributed by atoms with Crippen LogP contribution in [0.4, 0.5) is 5.69 Å². The number of rotatable bonds is 9. The minimum absolute atomic E-state index is 0.0617. The number of hydrogen-bond donors (Lipinski definition) is 2. The van der Waals surface area contributed by atoms with Crippen LogP contribution in [0.15, 0.2) is 24.3 Å². The molecular weight excluding hydrogens is 302 g/mol. The number of benzene rings is 1. The van der Waals surface area contributed by atoms with Crippen LogP contribution in [0.5, 0.6) is 0 Å². The highest BCUT2D eigenvalue weighted by Gasteiger charge is 2.27. The molecule has 0 radical (unpaired) electrons. The Morgan fingerprint density at radius 2 is 1.88 bits per heavy atom. The summed E-state index contributed by atoms with van der Waals surface area (Å²) in [6.07, 6.45) is 3.47. The highest BCUT2D eigenvalue weighted by Crippen LogP contribution is 2.29. The topological polar surface area (TPSA) is 53.9 Å². The molecule has 0 saturated heterocycles. The minimum atomic E-state index is -0.0617. The van der Waals surface area contributed by atoms with Crippen molar-refractivity contribution in [3.8, 4) is 0 Å². The number of hydrogen-bond acceptors (Lipinski definition) is 2. The molecule has 1 saturated carbocycles. The molecule has 1 fully saturated rings. The van der Waals surface area contributed by atoms with Gasteiger partial charge < -0.3 is 15.1 Å². The van der Waals surface area contributed by atoms with Gasteiger partial charge in [0.25, 0.3) is 11.8 Å². The second-order valence-electron chi connectivity index (χ2n) is 7.01. The molecule has 1 unspecified atom stereocenters. The van der Waals surface area contributed by atoms with E-state index in [1.807, 2.05) is 43.1 Å². The van der Waals surface area contributed by atoms with Crippen LogP contribution >= 0.6 is 0 Å². The smallest absolute Gasteiger partial charge is 0.279 e. The first-order valence-corrected chi connectivity index (χ1v) is 8.93. The fraction of sp³-hybridized carbons (Fsp3) is 0.579. The van der Waals surface area contributed by atoms with Crippen LogP contribution in [0.3, 0.4) is 0 Å². The van der Waals surface area contributed by atoms with Crippen LogP contribution in [-0.4, -0.2) is 49.9 Å². The van der Waals surface area contributed by atoms with Crippen molar-refractivity contribution >= 4 is 17.5 Å². The number of nitrogens with one attached hydrogen (secondary N) is 2. The second kappa shape index (κ2) is 8.83. The quantitative estimate of drug-likeness (QED) is 0.711. The van der Waals surface area contributed by atoms with Crippen LogP contribution in [0.2, 0.25) is 0 Å². The highest BCUT2D eigenvalue weighted by atomic mass is 16.2. The third-order valence-electron chi connectivity index (χ3n) is 4.27. The molecule has 0 aliphatic heterocycles. The molecule has 2 rings (SSSR count). The number of likely N-dealkylation sites (N-methyl/N-ethyl adjacent to an activating group) is 1. The van der Waals surface area contributed by atoms with Crippen molar-refractivity contribution in [1.29, 1.82) is 0 Å². The number of quaternary nitrogens is 1. The van der Waals surface area contributed by atoms with Gasteiger partial charge in [0, 0.05) is 18.8 Å². The van der Waals surface area contributed by atoms with Gasteiger partial charge in [0.05, 0.1) is 7.05 Å². The van der Waals surface area contributed by atoms with Gasteiger partial charge >= 0.3 is 0 Å². The summed E-state index contributed by atoms with van der Waals surface area (Å²) >= 11 is 0. The van der Waals surface area contributed by atoms with Gasteiger partial charge in [-0.15, -0.1) is 0 Å². The van der Waals surface area contributed by atoms with Crippen molar-refractivity contribution in [3.63, 3.8) is 0 Å². The Kier molecular flexibility index (Phi) is 6.79. The molecule has 5 heteroatoms. The lowest BCUT2D eigenvalue weighted by Crippen LogP contribution is -3.11. The fourth-order valence-electron chi connectivity index (χ4n) is 2.75. The highest BCUT2D eigenvalue weighted by molar-refractivity contribution is 5.91. The van der Waals surface area contributed by atoms with Gasteiger partial charge in [-0.1, -0.05) is 24.6 Å². The Morgan fingerprint density at radius 1 is 1.21 bits per heavy atom. The number of carbonyl (C=O) groups is 2. The Bertz CT molecular complexity index is 552. The number of aryl methyl sites for hydroxylation is 1. The van der Waals surface area contributed by atoms with Gasteiger partial charge in [-0.2, -0.15) is 0 Å². The van der Waals surface area contributed by atoms with Crippen molar-refractivity contribution in [1.82, 2.24) is 4.90 Å². The summed E-state index contributed by atoms with van der Waals surface area (Å²) in [6.45, 7) is 6.47. The molecule has 2 N–H and O–H groups in total. The number of amides is 2. The lowest BCUT2D eigenvalue weighted by molar-refractivity contribution is -0.862. The molecule has 1 aromatic carbocycles. The summed E-state index contributed by atoms with van der Waals surface area (Å²) in [6, 6.07) is 7.73. The molecule has 1 aromatic rings. The Balaban J connectivity index is 1.77. The van der Waals surface area contributed by atoms with Crippen LogP contribution in [0.1, 0.15) is 31.7 Å². The average Bonchev–Trinajstić information content (AvgIpc) is 3.33. The van der Waals surface area contributed by atoms with E-state index in [0.717, 1.165) is 35.7 Å². The van der Waals surface area contributed by atoms with E-state index in [1.54, 1.807) is 0 Å². The minimum Gasteiger partial charge on any atom is -0.338 e. The summed E-state index contributed by atoms with van der Waals surface area (Å²) in [4.78, 5) is 27.5. The normalized spacial score (nSPS) is 15.0. The van der Waals surface area contributed by atoms with Crippen LogP contribution in [-0.2, 0) is 9.59 Å². The predicted molar refractivity (Wildman–Crippen MR) is 96.0 cm³/mol. The number of carbonyl (C=O) groups excluding carboxylic acids is 2. The first-order chi connectivity index (χ1) is 11.5. The molecule has 0 spiro atoms. The molecule has 132 valence electrons. The molecule has 5 nitrogen and oxygen atoms in total. The van der Waals surface area contributed by atoms with Crippen LogP contribution < -0.4 is 10.2 Å². The molecular formula is C19H30N3O2+. The van der Waals surface area contributed by atoms with E-state index < -0.39 is 0 Å². The lowest BCUT2D eigenvalue weighted by atomic mass is 10.2. The van der Waals surface area contributed by atoms with Gasteiger partial charge in [0.15, 0.2) is 13.1 Å². The van der Waals surface area contributed by atoms with Gasteiger partial charge in [-0.3, -0.25) is 9.59 Å². The molecule has 0 heterocycles. The van der Waals surface area contributed by atoms with Crippen molar-refractivity contribution in [3.05, 3.63) is 29.8 Å². The molecule has 24 heavy (non-hydrogen) atoms. The maximum absolute atomic E-state index is 12.5. The first kappa shape index (κ1) is 18.5. The standard InChI is InChI=1S/C19H29N3O2/c1-4-11-22(12-16-7-8-16)19(24)14-21(3)13-18(23)20-17-9-5-15(2)6-10-17/h5-6,9-10,16H,4,7-8,11-14H2,1-3H3,(H,20,23)/p+1. The predicted octanol–water partition coefficient (Wildman–Crippen LogP) is 1.10. The zero-order chi connectivity index (χ0) is 17.5. The van der Waals surface area contributed by atoms with E-state index >= 15 is 0 Å². The summed E-state index contributed by atoms with van der Waals surface area (Å²) in [5, 5.41) is 2.89. The Morgan fingerprint density at radius 3 is 2.46 bits per heavy atom. The third kappa shape index (κ3) is 6.32. The van der Waals surface area contributed by atoms with Crippen molar-refractivity contribution in [2.24, 2.45) is 5.92 Å². The number of nitrogens with zero attached hydrogens (tertiary/aromatic N) is 1. The van der Waals surface area contributed by atoms with E-state index in [9.17, 15) is 9.59 Å². The molecule has 0 bridgehead atoms. The number of anilines is 1. The second-order valence-corrected chi connectivity index (χ2v) is 7.01. The Labute approximate surface area is 145 Å². The van der Waals surface area contributed by atoms with E-state index in [2.05, 4.69) is 12.2 Å². The Hall–Kier alpha value is -1.88. The summed E-state index contributed by atoms with van der Waals surface area (Å²) in [7, 11) is 1.90. The molecule has 1 atom stereocenters. The average molecular weight is 332 g/mol. The van der Waals surface area contributed by atoms with E-state index in [1.165, 1.54) is 12.8 Å². The van der Waals surface area contributed by atoms with Crippen molar-refractivity contribution in [2.75, 3.05) is 38.5 Å². The molecule has 1 aliphatic rings. The van der Waals surface area contributed by atoms with E-state index in [0.29, 0.717) is 19.0 Å². The fourth-order valence-corrected chi connectivity index (χ4v) is 2.75. The SMILES string of the molecule is CCCN(CC1CC1)C(=O)C[NH+](C)CC(=O)Nc1ccc(C)cc1. The van der Waals surface area contributed by atoms with Gasteiger partial charge in [0.2, 0.25) is 0 Å². The summed E-state index contributed by atoms with van der Waals surface area (Å²) < 4.78 is 0. The van der Waals surface area contributed by atoms with Crippen molar-refractivity contribution in [2.45, 2.75) is 33.1 Å². The maximum Gasteiger partial charge on any atom is 0.279 e. The lowest BCUT2D eigenvalue weighted by Gasteiger charge is -2.23. The molecule has 0 aromatic heterocycles. The molecule has 1 aliphatic carbocycles. The first-order valence-electron chi connectivity index (χ1n) is 8.93. The molecule has 2 amide bonds. The van der Waals surface area contributed by atoms with Gasteiger partial charge in [-0.05, 0) is 44.2 Å². The summed E-state index contributed by atoms with van der Waals surface area (Å²) in [5.74, 6) is 0.795. The van der Waals surface area contributed by atoms with E-state index in [-0.39, 0.29) is 11.8 Å². The summed E-state index contributed by atoms with van der Waals surface area (Å²) in [5.41, 5.74) is 1.96. The largest absolute Gasteiger partial charge is 0.338 e. The van der Waals surface area contributed by atoms with Gasteiger partial charge in [-0.25, -0.2) is 0 Å². The maximum atomic E-state index is 12.5. The van der Waals surface area contributed by atoms with Gasteiger partial charge in [0.1, 0.15) is 0 Å². The van der Waals surface area contributed by atoms with Crippen molar-refractivity contribution < 1.29 is 14.5 Å².